The molecule has 0 aliphatic carbocycles. The van der Waals surface area contributed by atoms with Crippen LogP contribution in [0.25, 0.3) is 6.08 Å². The maximum absolute atomic E-state index is 11.5. The highest BCUT2D eigenvalue weighted by Gasteiger charge is 2.15. The second kappa shape index (κ2) is 9.75. The lowest BCUT2D eigenvalue weighted by molar-refractivity contribution is -0.137. The summed E-state index contributed by atoms with van der Waals surface area (Å²) in [5.74, 6) is -0.755. The van der Waals surface area contributed by atoms with Crippen LogP contribution in [0, 0.1) is 0 Å². The van der Waals surface area contributed by atoms with Crippen LogP contribution < -0.4 is 5.32 Å². The second-order valence-corrected chi connectivity index (χ2v) is 6.61. The predicted octanol–water partition coefficient (Wildman–Crippen LogP) is 4.02. The molecule has 2 N–H and O–H groups in total. The number of amides is 1. The maximum Gasteiger partial charge on any atom is 0.407 e. The highest BCUT2D eigenvalue weighted by molar-refractivity contribution is 5.67. The number of hydrogen-bond donors (Lipinski definition) is 2. The van der Waals surface area contributed by atoms with Crippen molar-refractivity contribution in [1.29, 1.82) is 0 Å². The van der Waals surface area contributed by atoms with Gasteiger partial charge >= 0.3 is 12.1 Å². The highest BCUT2D eigenvalue weighted by Crippen LogP contribution is 2.10. The Labute approximate surface area is 143 Å². The molecule has 5 heteroatoms. The van der Waals surface area contributed by atoms with Crippen molar-refractivity contribution in [2.75, 3.05) is 6.54 Å². The summed E-state index contributed by atoms with van der Waals surface area (Å²) in [6.07, 6.45) is 5.94. The van der Waals surface area contributed by atoms with Crippen LogP contribution in [-0.2, 0) is 16.0 Å². The molecule has 0 aromatic heterocycles. The second-order valence-electron chi connectivity index (χ2n) is 6.61. The SMILES string of the molecule is CC(C)(C)OC(=O)NCCC=Cc1ccc(CCCC(=O)O)cc1. The van der Waals surface area contributed by atoms with Crippen LogP contribution in [0.1, 0.15) is 51.2 Å². The Balaban J connectivity index is 2.27. The maximum atomic E-state index is 11.5. The molecule has 1 rings (SSSR count). The molecule has 1 aromatic carbocycles. The van der Waals surface area contributed by atoms with Crippen molar-refractivity contribution in [3.8, 4) is 0 Å². The lowest BCUT2D eigenvalue weighted by atomic mass is 10.1. The molecule has 0 saturated heterocycles. The fourth-order valence-corrected chi connectivity index (χ4v) is 2.03. The minimum absolute atomic E-state index is 0.201. The third kappa shape index (κ3) is 9.66. The van der Waals surface area contributed by atoms with Crippen LogP contribution >= 0.6 is 0 Å². The van der Waals surface area contributed by atoms with Gasteiger partial charge in [-0.1, -0.05) is 36.4 Å². The fraction of sp³-hybridized carbons (Fsp3) is 0.474. The summed E-state index contributed by atoms with van der Waals surface area (Å²) in [5, 5.41) is 11.3. The van der Waals surface area contributed by atoms with E-state index in [1.807, 2.05) is 57.2 Å². The number of nitrogens with one attached hydrogen (secondary N) is 1. The van der Waals surface area contributed by atoms with Crippen molar-refractivity contribution in [2.24, 2.45) is 0 Å². The minimum Gasteiger partial charge on any atom is -0.481 e. The summed E-state index contributed by atoms with van der Waals surface area (Å²) >= 11 is 0. The molecule has 5 nitrogen and oxygen atoms in total. The lowest BCUT2D eigenvalue weighted by Gasteiger charge is -2.19. The van der Waals surface area contributed by atoms with E-state index in [0.29, 0.717) is 13.0 Å². The molecule has 0 spiro atoms. The van der Waals surface area contributed by atoms with Gasteiger partial charge in [0.25, 0.3) is 0 Å². The Morgan fingerprint density at radius 3 is 2.46 bits per heavy atom. The van der Waals surface area contributed by atoms with Crippen molar-refractivity contribution in [1.82, 2.24) is 5.32 Å². The van der Waals surface area contributed by atoms with Gasteiger partial charge in [-0.25, -0.2) is 4.79 Å². The van der Waals surface area contributed by atoms with E-state index in [2.05, 4.69) is 5.32 Å². The summed E-state index contributed by atoms with van der Waals surface area (Å²) in [5.41, 5.74) is 1.74. The normalized spacial score (nSPS) is 11.5. The zero-order valence-corrected chi connectivity index (χ0v) is 14.7. The third-order valence-electron chi connectivity index (χ3n) is 3.13. The molecular formula is C19H27NO4. The first-order valence-electron chi connectivity index (χ1n) is 8.20. The molecule has 0 aliphatic heterocycles. The van der Waals surface area contributed by atoms with Gasteiger partial charge in [0.05, 0.1) is 0 Å². The molecule has 1 aromatic rings. The van der Waals surface area contributed by atoms with E-state index in [4.69, 9.17) is 9.84 Å². The molecular weight excluding hydrogens is 306 g/mol. The van der Waals surface area contributed by atoms with Crippen LogP contribution in [0.15, 0.2) is 30.3 Å². The molecule has 1 amide bonds. The molecule has 0 heterocycles. The monoisotopic (exact) mass is 333 g/mol. The standard InChI is InChI=1S/C19H27NO4/c1-19(2,3)24-18(23)20-14-5-4-7-15-10-12-16(13-11-15)8-6-9-17(21)22/h4,7,10-13H,5-6,8-9,14H2,1-3H3,(H,20,23)(H,21,22). The first kappa shape index (κ1) is 19.7. The van der Waals surface area contributed by atoms with Gasteiger partial charge in [-0.15, -0.1) is 0 Å². The zero-order valence-electron chi connectivity index (χ0n) is 14.7. The number of carbonyl (C=O) groups excluding carboxylic acids is 1. The number of ether oxygens (including phenoxy) is 1. The zero-order chi connectivity index (χ0) is 18.0. The summed E-state index contributed by atoms with van der Waals surface area (Å²) in [6, 6.07) is 8.04. The van der Waals surface area contributed by atoms with Crippen molar-refractivity contribution >= 4 is 18.1 Å². The molecule has 0 bridgehead atoms. The number of carboxylic acids is 1. The van der Waals surface area contributed by atoms with Crippen molar-refractivity contribution < 1.29 is 19.4 Å². The summed E-state index contributed by atoms with van der Waals surface area (Å²) in [4.78, 5) is 21.9. The van der Waals surface area contributed by atoms with Gasteiger partial charge < -0.3 is 15.2 Å². The van der Waals surface area contributed by atoms with Gasteiger partial charge in [-0.3, -0.25) is 4.79 Å². The van der Waals surface area contributed by atoms with E-state index in [1.54, 1.807) is 0 Å². The predicted molar refractivity (Wildman–Crippen MR) is 94.9 cm³/mol. The number of benzene rings is 1. The number of rotatable bonds is 8. The van der Waals surface area contributed by atoms with E-state index in [-0.39, 0.29) is 6.42 Å². The first-order valence-corrected chi connectivity index (χ1v) is 8.20. The molecule has 132 valence electrons. The molecule has 0 unspecified atom stereocenters. The molecule has 0 radical (unpaired) electrons. The van der Waals surface area contributed by atoms with E-state index in [0.717, 1.165) is 24.0 Å². The number of aliphatic carboxylic acids is 1. The van der Waals surface area contributed by atoms with Gasteiger partial charge in [0.2, 0.25) is 0 Å². The largest absolute Gasteiger partial charge is 0.481 e. The first-order chi connectivity index (χ1) is 11.3. The lowest BCUT2D eigenvalue weighted by Crippen LogP contribution is -2.32. The van der Waals surface area contributed by atoms with E-state index < -0.39 is 17.7 Å². The van der Waals surface area contributed by atoms with Crippen molar-refractivity contribution in [2.45, 2.75) is 52.1 Å². The Hall–Kier alpha value is -2.30. The van der Waals surface area contributed by atoms with Crippen LogP contribution in [-0.4, -0.2) is 29.3 Å². The topological polar surface area (TPSA) is 75.6 Å². The number of aryl methyl sites for hydroxylation is 1. The van der Waals surface area contributed by atoms with E-state index in [1.165, 1.54) is 0 Å². The Bertz CT molecular complexity index is 556. The Kier molecular flexibility index (Phi) is 8.02. The quantitative estimate of drug-likeness (QED) is 0.705. The average molecular weight is 333 g/mol. The molecule has 24 heavy (non-hydrogen) atoms. The smallest absolute Gasteiger partial charge is 0.407 e. The van der Waals surface area contributed by atoms with E-state index >= 15 is 0 Å². The average Bonchev–Trinajstić information content (AvgIpc) is 2.46. The number of hydrogen-bond acceptors (Lipinski definition) is 3. The Morgan fingerprint density at radius 1 is 1.21 bits per heavy atom. The van der Waals surface area contributed by atoms with Crippen LogP contribution in [0.2, 0.25) is 0 Å². The van der Waals surface area contributed by atoms with Gasteiger partial charge in [0, 0.05) is 13.0 Å². The van der Waals surface area contributed by atoms with Gasteiger partial charge in [-0.05, 0) is 51.2 Å². The van der Waals surface area contributed by atoms with E-state index in [9.17, 15) is 9.59 Å². The molecule has 0 fully saturated rings. The van der Waals surface area contributed by atoms with Crippen molar-refractivity contribution in [3.63, 3.8) is 0 Å². The summed E-state index contributed by atoms with van der Waals surface area (Å²) in [7, 11) is 0. The van der Waals surface area contributed by atoms with Crippen LogP contribution in [0.4, 0.5) is 4.79 Å². The molecule has 0 atom stereocenters. The molecule has 0 aliphatic rings. The number of carboxylic acid groups (broad SMARTS) is 1. The molecule has 0 saturated carbocycles. The number of alkyl carbamates (subject to hydrolysis) is 1. The number of carbonyl (C=O) groups is 2. The third-order valence-corrected chi connectivity index (χ3v) is 3.13. The Morgan fingerprint density at radius 2 is 1.88 bits per heavy atom. The van der Waals surface area contributed by atoms with Crippen LogP contribution in [0.5, 0.6) is 0 Å². The fourth-order valence-electron chi connectivity index (χ4n) is 2.03. The summed E-state index contributed by atoms with van der Waals surface area (Å²) in [6.45, 7) is 6.02. The highest BCUT2D eigenvalue weighted by atomic mass is 16.6. The van der Waals surface area contributed by atoms with Gasteiger partial charge in [0.1, 0.15) is 5.60 Å². The van der Waals surface area contributed by atoms with Crippen LogP contribution in [0.3, 0.4) is 0 Å². The minimum atomic E-state index is -0.755. The summed E-state index contributed by atoms with van der Waals surface area (Å²) < 4.78 is 5.15. The van der Waals surface area contributed by atoms with Gasteiger partial charge in [0.15, 0.2) is 0 Å². The van der Waals surface area contributed by atoms with Gasteiger partial charge in [-0.2, -0.15) is 0 Å². The van der Waals surface area contributed by atoms with Crippen molar-refractivity contribution in [3.05, 3.63) is 41.5 Å².